The first kappa shape index (κ1) is 16.2. The quantitative estimate of drug-likeness (QED) is 0.722. The fraction of sp³-hybridized carbons (Fsp3) is 0. The van der Waals surface area contributed by atoms with E-state index >= 15 is 0 Å². The lowest BCUT2D eigenvalue weighted by molar-refractivity contribution is -0.111. The Labute approximate surface area is 147 Å². The van der Waals surface area contributed by atoms with Crippen molar-refractivity contribution in [2.45, 2.75) is 0 Å². The first-order valence-electron chi connectivity index (χ1n) is 6.89. The van der Waals surface area contributed by atoms with Gasteiger partial charge in [-0.2, -0.15) is 0 Å². The van der Waals surface area contributed by atoms with Crippen molar-refractivity contribution in [2.75, 3.05) is 5.32 Å². The number of hydrogen-bond donors (Lipinski definition) is 1. The van der Waals surface area contributed by atoms with Crippen LogP contribution in [0.25, 0.3) is 11.8 Å². The summed E-state index contributed by atoms with van der Waals surface area (Å²) in [4.78, 5) is 12.0. The largest absolute Gasteiger partial charge is 0.322 e. The van der Waals surface area contributed by atoms with Crippen molar-refractivity contribution in [1.29, 1.82) is 0 Å². The van der Waals surface area contributed by atoms with Crippen LogP contribution in [0.2, 0.25) is 10.0 Å². The van der Waals surface area contributed by atoms with Crippen LogP contribution in [0.3, 0.4) is 0 Å². The van der Waals surface area contributed by atoms with Crippen molar-refractivity contribution in [3.8, 4) is 5.69 Å². The molecule has 0 unspecified atom stereocenters. The molecule has 0 spiro atoms. The second-order valence-corrected chi connectivity index (χ2v) is 5.70. The van der Waals surface area contributed by atoms with Crippen LogP contribution in [0.15, 0.2) is 54.9 Å². The van der Waals surface area contributed by atoms with E-state index in [1.54, 1.807) is 42.5 Å². The molecule has 0 aliphatic carbocycles. The molecule has 0 aliphatic rings. The summed E-state index contributed by atoms with van der Waals surface area (Å²) in [6, 6.07) is 12.2. The maximum absolute atomic E-state index is 12.0. The van der Waals surface area contributed by atoms with Crippen LogP contribution < -0.4 is 5.32 Å². The summed E-state index contributed by atoms with van der Waals surface area (Å²) in [5, 5.41) is 14.8. The van der Waals surface area contributed by atoms with Crippen LogP contribution in [0, 0.1) is 0 Å². The molecule has 3 rings (SSSR count). The van der Waals surface area contributed by atoms with E-state index in [0.717, 1.165) is 11.3 Å². The van der Waals surface area contributed by atoms with Crippen molar-refractivity contribution >= 4 is 40.9 Å². The molecule has 0 fully saturated rings. The van der Waals surface area contributed by atoms with Crippen LogP contribution in [0.4, 0.5) is 5.69 Å². The molecule has 6 nitrogen and oxygen atoms in total. The number of halogens is 2. The van der Waals surface area contributed by atoms with Gasteiger partial charge in [-0.05, 0) is 58.5 Å². The molecule has 24 heavy (non-hydrogen) atoms. The van der Waals surface area contributed by atoms with Gasteiger partial charge in [0.15, 0.2) is 0 Å². The molecule has 2 aromatic carbocycles. The lowest BCUT2D eigenvalue weighted by Gasteiger charge is -2.05. The molecule has 0 atom stereocenters. The van der Waals surface area contributed by atoms with Gasteiger partial charge in [0.2, 0.25) is 5.91 Å². The summed E-state index contributed by atoms with van der Waals surface area (Å²) in [6.07, 6.45) is 4.52. The normalized spacial score (nSPS) is 10.9. The Bertz CT molecular complexity index is 873. The van der Waals surface area contributed by atoms with Gasteiger partial charge in [-0.1, -0.05) is 29.3 Å². The Morgan fingerprint density at radius 3 is 2.62 bits per heavy atom. The zero-order valence-corrected chi connectivity index (χ0v) is 13.7. The number of amides is 1. The molecule has 0 radical (unpaired) electrons. The summed E-state index contributed by atoms with van der Waals surface area (Å²) >= 11 is 11.8. The second-order valence-electron chi connectivity index (χ2n) is 4.83. The average Bonchev–Trinajstić information content (AvgIpc) is 3.07. The van der Waals surface area contributed by atoms with E-state index in [9.17, 15) is 4.79 Å². The maximum atomic E-state index is 12.0. The fourth-order valence-electron chi connectivity index (χ4n) is 2.03. The molecular weight excluding hydrogens is 349 g/mol. The molecule has 1 heterocycles. The van der Waals surface area contributed by atoms with Gasteiger partial charge >= 0.3 is 0 Å². The molecule has 1 amide bonds. The van der Waals surface area contributed by atoms with Crippen molar-refractivity contribution in [2.24, 2.45) is 0 Å². The Morgan fingerprint density at radius 1 is 1.12 bits per heavy atom. The highest BCUT2D eigenvalue weighted by atomic mass is 35.5. The standard InChI is InChI=1S/C16H11Cl2N5O/c17-12-6-11(7-13(18)8-12)4-5-16(24)20-14-2-1-3-15(9-14)23-10-19-21-22-23/h1-10H,(H,20,24)/b5-4+. The number of hydrogen-bond acceptors (Lipinski definition) is 4. The molecule has 8 heteroatoms. The third-order valence-corrected chi connectivity index (χ3v) is 3.48. The number of carbonyl (C=O) groups excluding carboxylic acids is 1. The number of carbonyl (C=O) groups is 1. The van der Waals surface area contributed by atoms with E-state index in [1.807, 2.05) is 6.07 Å². The first-order chi connectivity index (χ1) is 11.6. The van der Waals surface area contributed by atoms with E-state index in [-0.39, 0.29) is 5.91 Å². The van der Waals surface area contributed by atoms with Gasteiger partial charge in [0.25, 0.3) is 0 Å². The van der Waals surface area contributed by atoms with Gasteiger partial charge < -0.3 is 5.32 Å². The van der Waals surface area contributed by atoms with E-state index in [4.69, 9.17) is 23.2 Å². The average molecular weight is 360 g/mol. The zero-order valence-electron chi connectivity index (χ0n) is 12.2. The number of aromatic nitrogens is 4. The monoisotopic (exact) mass is 359 g/mol. The van der Waals surface area contributed by atoms with Crippen LogP contribution in [0.1, 0.15) is 5.56 Å². The predicted octanol–water partition coefficient (Wildman–Crippen LogP) is 3.62. The first-order valence-corrected chi connectivity index (χ1v) is 7.64. The Balaban J connectivity index is 1.71. The lowest BCUT2D eigenvalue weighted by atomic mass is 10.2. The maximum Gasteiger partial charge on any atom is 0.248 e. The number of nitrogens with zero attached hydrogens (tertiary/aromatic N) is 4. The predicted molar refractivity (Wildman–Crippen MR) is 93.3 cm³/mol. The van der Waals surface area contributed by atoms with E-state index in [1.165, 1.54) is 17.1 Å². The highest BCUT2D eigenvalue weighted by Gasteiger charge is 2.02. The Morgan fingerprint density at radius 2 is 1.92 bits per heavy atom. The minimum absolute atomic E-state index is 0.278. The SMILES string of the molecule is O=C(/C=C/c1cc(Cl)cc(Cl)c1)Nc1cccc(-n2cnnn2)c1. The van der Waals surface area contributed by atoms with Gasteiger partial charge in [0.1, 0.15) is 6.33 Å². The summed E-state index contributed by atoms with van der Waals surface area (Å²) in [5.74, 6) is -0.278. The van der Waals surface area contributed by atoms with Crippen LogP contribution in [-0.4, -0.2) is 26.1 Å². The summed E-state index contributed by atoms with van der Waals surface area (Å²) in [7, 11) is 0. The van der Waals surface area contributed by atoms with Crippen molar-refractivity contribution in [3.63, 3.8) is 0 Å². The number of tetrazole rings is 1. The molecule has 1 aromatic heterocycles. The van der Waals surface area contributed by atoms with Crippen molar-refractivity contribution in [3.05, 3.63) is 70.5 Å². The van der Waals surface area contributed by atoms with Crippen LogP contribution in [0.5, 0.6) is 0 Å². The minimum atomic E-state index is -0.278. The zero-order chi connectivity index (χ0) is 16.9. The van der Waals surface area contributed by atoms with Crippen LogP contribution in [-0.2, 0) is 4.79 Å². The summed E-state index contributed by atoms with van der Waals surface area (Å²) in [5.41, 5.74) is 2.11. The minimum Gasteiger partial charge on any atom is -0.322 e. The molecule has 120 valence electrons. The van der Waals surface area contributed by atoms with Gasteiger partial charge in [0.05, 0.1) is 5.69 Å². The van der Waals surface area contributed by atoms with Gasteiger partial charge in [-0.25, -0.2) is 4.68 Å². The third-order valence-electron chi connectivity index (χ3n) is 3.04. The van der Waals surface area contributed by atoms with E-state index in [0.29, 0.717) is 15.7 Å². The highest BCUT2D eigenvalue weighted by molar-refractivity contribution is 6.34. The van der Waals surface area contributed by atoms with Gasteiger partial charge in [-0.3, -0.25) is 4.79 Å². The van der Waals surface area contributed by atoms with Gasteiger partial charge in [-0.15, -0.1) is 5.10 Å². The second kappa shape index (κ2) is 7.25. The number of anilines is 1. The number of benzene rings is 2. The lowest BCUT2D eigenvalue weighted by Crippen LogP contribution is -2.08. The van der Waals surface area contributed by atoms with Crippen LogP contribution >= 0.6 is 23.2 Å². The molecule has 0 saturated heterocycles. The van der Waals surface area contributed by atoms with E-state index in [2.05, 4.69) is 20.8 Å². The summed E-state index contributed by atoms with van der Waals surface area (Å²) in [6.45, 7) is 0. The highest BCUT2D eigenvalue weighted by Crippen LogP contribution is 2.20. The Hall–Kier alpha value is -2.70. The number of nitrogens with one attached hydrogen (secondary N) is 1. The molecule has 0 aliphatic heterocycles. The smallest absolute Gasteiger partial charge is 0.248 e. The fourth-order valence-corrected chi connectivity index (χ4v) is 2.58. The topological polar surface area (TPSA) is 72.7 Å². The van der Waals surface area contributed by atoms with Crippen molar-refractivity contribution in [1.82, 2.24) is 20.2 Å². The molecule has 0 bridgehead atoms. The third kappa shape index (κ3) is 4.18. The molecule has 1 N–H and O–H groups in total. The summed E-state index contributed by atoms with van der Waals surface area (Å²) < 4.78 is 1.50. The van der Waals surface area contributed by atoms with E-state index < -0.39 is 0 Å². The molecular formula is C16H11Cl2N5O. The molecule has 3 aromatic rings. The molecule has 0 saturated carbocycles. The van der Waals surface area contributed by atoms with Crippen molar-refractivity contribution < 1.29 is 4.79 Å². The number of rotatable bonds is 4. The van der Waals surface area contributed by atoms with Gasteiger partial charge in [0, 0.05) is 21.8 Å². The Kier molecular flexibility index (Phi) is 4.88.